The largest absolute Gasteiger partial charge is 0.490 e. The number of hydrogen-bond donors (Lipinski definition) is 2. The van der Waals surface area contributed by atoms with Crippen molar-refractivity contribution in [3.8, 4) is 22.9 Å². The van der Waals surface area contributed by atoms with Gasteiger partial charge in [-0.25, -0.2) is 14.5 Å². The molecule has 0 fully saturated rings. The molecule has 3 aromatic heterocycles. The number of H-pyrrole nitrogens is 1. The molecule has 7 nitrogen and oxygen atoms in total. The van der Waals surface area contributed by atoms with Crippen LogP contribution in [-0.4, -0.2) is 37.0 Å². The average Bonchev–Trinajstić information content (AvgIpc) is 3.42. The number of aliphatic carboxylic acids is 1. The quantitative estimate of drug-likeness (QED) is 0.406. The third-order valence-corrected chi connectivity index (χ3v) is 4.28. The number of nitrogens with zero attached hydrogens (tertiary/aromatic N) is 4. The molecule has 0 atom stereocenters. The highest BCUT2D eigenvalue weighted by Gasteiger charge is 2.38. The minimum absolute atomic E-state index is 0.127. The van der Waals surface area contributed by atoms with E-state index in [2.05, 4.69) is 15.1 Å². The zero-order valence-corrected chi connectivity index (χ0v) is 16.1. The van der Waals surface area contributed by atoms with Gasteiger partial charge in [0.1, 0.15) is 5.65 Å². The van der Waals surface area contributed by atoms with Gasteiger partial charge in [0, 0.05) is 29.5 Å². The van der Waals surface area contributed by atoms with Crippen molar-refractivity contribution in [2.45, 2.75) is 12.4 Å². The second-order valence-corrected chi connectivity index (χ2v) is 6.42. The van der Waals surface area contributed by atoms with Gasteiger partial charge in [-0.1, -0.05) is 0 Å². The highest BCUT2D eigenvalue weighted by Crippen LogP contribution is 2.35. The highest BCUT2D eigenvalue weighted by atomic mass is 19.4. The summed E-state index contributed by atoms with van der Waals surface area (Å²) in [5, 5.41) is 21.1. The summed E-state index contributed by atoms with van der Waals surface area (Å²) in [5.74, 6) is -2.76. The molecule has 4 rings (SSSR count). The number of rotatable bonds is 2. The highest BCUT2D eigenvalue weighted by molar-refractivity contribution is 5.92. The number of alkyl halides is 6. The van der Waals surface area contributed by atoms with E-state index in [9.17, 15) is 26.3 Å². The summed E-state index contributed by atoms with van der Waals surface area (Å²) in [5.41, 5.74) is 1.20. The molecule has 13 heteroatoms. The first-order valence-corrected chi connectivity index (χ1v) is 8.81. The zero-order valence-electron chi connectivity index (χ0n) is 16.1. The first kappa shape index (κ1) is 23.3. The average molecular weight is 467 g/mol. The van der Waals surface area contributed by atoms with Gasteiger partial charge in [-0.3, -0.25) is 0 Å². The second-order valence-electron chi connectivity index (χ2n) is 6.42. The molecule has 0 aliphatic heterocycles. The van der Waals surface area contributed by atoms with E-state index in [1.54, 1.807) is 18.5 Å². The molecule has 0 radical (unpaired) electrons. The lowest BCUT2D eigenvalue weighted by atomic mass is 10.1. The molecule has 0 aliphatic carbocycles. The van der Waals surface area contributed by atoms with Crippen LogP contribution in [0, 0.1) is 11.3 Å². The Morgan fingerprint density at radius 3 is 2.42 bits per heavy atom. The Kier molecular flexibility index (Phi) is 6.12. The van der Waals surface area contributed by atoms with E-state index in [1.165, 1.54) is 18.5 Å². The fourth-order valence-corrected chi connectivity index (χ4v) is 2.84. The Morgan fingerprint density at radius 2 is 1.82 bits per heavy atom. The van der Waals surface area contributed by atoms with Crippen LogP contribution in [0.1, 0.15) is 11.1 Å². The molecule has 1 aromatic carbocycles. The molecule has 2 N–H and O–H groups in total. The Hall–Kier alpha value is -4.34. The van der Waals surface area contributed by atoms with E-state index < -0.39 is 23.9 Å². The summed E-state index contributed by atoms with van der Waals surface area (Å²) >= 11 is 0. The summed E-state index contributed by atoms with van der Waals surface area (Å²) in [6, 6.07) is 8.68. The van der Waals surface area contributed by atoms with Crippen LogP contribution in [0.5, 0.6) is 0 Å². The molecular weight excluding hydrogens is 456 g/mol. The Morgan fingerprint density at radius 1 is 1.12 bits per heavy atom. The van der Waals surface area contributed by atoms with Crippen molar-refractivity contribution in [3.63, 3.8) is 0 Å². The van der Waals surface area contributed by atoms with E-state index in [-0.39, 0.29) is 11.3 Å². The van der Waals surface area contributed by atoms with Crippen LogP contribution >= 0.6 is 0 Å². The number of carbonyl (C=O) groups is 1. The minimum atomic E-state index is -5.08. The number of nitriles is 1. The van der Waals surface area contributed by atoms with Crippen LogP contribution in [0.2, 0.25) is 0 Å². The fourth-order valence-electron chi connectivity index (χ4n) is 2.84. The molecule has 4 aromatic rings. The monoisotopic (exact) mass is 467 g/mol. The van der Waals surface area contributed by atoms with E-state index in [0.717, 1.165) is 27.8 Å². The lowest BCUT2D eigenvalue weighted by Gasteiger charge is -2.13. The normalized spacial score (nSPS) is 11.5. The van der Waals surface area contributed by atoms with Crippen LogP contribution in [0.25, 0.3) is 27.8 Å². The van der Waals surface area contributed by atoms with Gasteiger partial charge in [-0.15, -0.1) is 0 Å². The molecule has 3 heterocycles. The second kappa shape index (κ2) is 8.65. The smallest absolute Gasteiger partial charge is 0.475 e. The summed E-state index contributed by atoms with van der Waals surface area (Å²) in [4.78, 5) is 16.1. The van der Waals surface area contributed by atoms with Gasteiger partial charge >= 0.3 is 18.3 Å². The van der Waals surface area contributed by atoms with Crippen molar-refractivity contribution < 1.29 is 36.2 Å². The van der Waals surface area contributed by atoms with Crippen LogP contribution in [-0.2, 0) is 11.0 Å². The third-order valence-electron chi connectivity index (χ3n) is 4.28. The maximum Gasteiger partial charge on any atom is 0.490 e. The van der Waals surface area contributed by atoms with Gasteiger partial charge in [0.25, 0.3) is 0 Å². The number of fused-ring (bicyclic) bond motifs is 1. The van der Waals surface area contributed by atoms with Gasteiger partial charge in [-0.2, -0.15) is 36.7 Å². The number of carboxylic acids is 1. The maximum absolute atomic E-state index is 13.3. The number of carboxylic acid groups (broad SMARTS) is 1. The van der Waals surface area contributed by atoms with Gasteiger partial charge in [0.15, 0.2) is 0 Å². The molecule has 0 saturated carbocycles. The first-order valence-electron chi connectivity index (χ1n) is 8.81. The summed E-state index contributed by atoms with van der Waals surface area (Å²) < 4.78 is 72.9. The van der Waals surface area contributed by atoms with Crippen LogP contribution in [0.15, 0.2) is 55.1 Å². The van der Waals surface area contributed by atoms with E-state index in [0.29, 0.717) is 11.2 Å². The van der Waals surface area contributed by atoms with E-state index in [1.807, 2.05) is 12.1 Å². The lowest BCUT2D eigenvalue weighted by Crippen LogP contribution is -2.21. The molecule has 0 bridgehead atoms. The Labute approximate surface area is 180 Å². The van der Waals surface area contributed by atoms with Crippen molar-refractivity contribution >= 4 is 17.0 Å². The van der Waals surface area contributed by atoms with E-state index >= 15 is 0 Å². The van der Waals surface area contributed by atoms with E-state index in [4.69, 9.17) is 15.2 Å². The number of halogens is 6. The number of aromatic amines is 1. The first-order chi connectivity index (χ1) is 15.4. The predicted molar refractivity (Wildman–Crippen MR) is 102 cm³/mol. The maximum atomic E-state index is 13.3. The number of benzene rings is 1. The van der Waals surface area contributed by atoms with Gasteiger partial charge in [0.05, 0.1) is 29.1 Å². The van der Waals surface area contributed by atoms with Gasteiger partial charge in [-0.05, 0) is 35.9 Å². The van der Waals surface area contributed by atoms with Crippen molar-refractivity contribution in [1.82, 2.24) is 19.7 Å². The van der Waals surface area contributed by atoms with Crippen molar-refractivity contribution in [3.05, 3.63) is 66.2 Å². The number of hydrogen-bond acceptors (Lipinski definition) is 4. The lowest BCUT2D eigenvalue weighted by molar-refractivity contribution is -0.192. The van der Waals surface area contributed by atoms with Crippen molar-refractivity contribution in [2.24, 2.45) is 0 Å². The van der Waals surface area contributed by atoms with Crippen molar-refractivity contribution in [1.29, 1.82) is 5.26 Å². The van der Waals surface area contributed by atoms with Gasteiger partial charge < -0.3 is 10.1 Å². The summed E-state index contributed by atoms with van der Waals surface area (Å²) in [6.07, 6.45) is -3.29. The molecule has 0 amide bonds. The Bertz CT molecular complexity index is 1350. The third kappa shape index (κ3) is 5.12. The van der Waals surface area contributed by atoms with Gasteiger partial charge in [0.2, 0.25) is 0 Å². The topological polar surface area (TPSA) is 108 Å². The number of aromatic nitrogens is 4. The molecule has 0 aliphatic rings. The predicted octanol–water partition coefficient (Wildman–Crippen LogP) is 4.94. The van der Waals surface area contributed by atoms with Crippen LogP contribution in [0.3, 0.4) is 0 Å². The standard InChI is InChI=1S/C18H10F3N5.C2HF3O2/c19-18(20,21)15-2-1-11(8-22)7-16(15)26-10-12(9-25-26)13-3-5-23-17-14(13)4-6-24-17;3-2(4,5)1(6)7/h1-7,9-10H,(H,23,24);(H,6,7). The number of nitrogens with one attached hydrogen (secondary N) is 1. The SMILES string of the molecule is N#Cc1ccc(C(F)(F)F)c(-n2cc(-c3ccnc4[nH]ccc34)cn2)c1.O=C(O)C(F)(F)F. The van der Waals surface area contributed by atoms with Crippen LogP contribution < -0.4 is 0 Å². The summed E-state index contributed by atoms with van der Waals surface area (Å²) in [7, 11) is 0. The Balaban J connectivity index is 0.000000383. The molecular formula is C20H11F6N5O2. The summed E-state index contributed by atoms with van der Waals surface area (Å²) in [6.45, 7) is 0. The molecule has 170 valence electrons. The molecule has 0 saturated heterocycles. The van der Waals surface area contributed by atoms with Crippen LogP contribution in [0.4, 0.5) is 26.3 Å². The minimum Gasteiger partial charge on any atom is -0.475 e. The molecule has 33 heavy (non-hydrogen) atoms. The fraction of sp³-hybridized carbons (Fsp3) is 0.100. The van der Waals surface area contributed by atoms with Crippen molar-refractivity contribution in [2.75, 3.05) is 0 Å². The molecule has 0 unspecified atom stereocenters. The zero-order chi connectivity index (χ0) is 24.4. The molecule has 0 spiro atoms. The number of pyridine rings is 1.